The normalized spacial score (nSPS) is 12.4. The first kappa shape index (κ1) is 23.9. The summed E-state index contributed by atoms with van der Waals surface area (Å²) in [5.74, 6) is -0.565. The number of aromatic nitrogens is 2. The van der Waals surface area contributed by atoms with Gasteiger partial charge in [-0.1, -0.05) is 48.5 Å². The fraction of sp³-hybridized carbons (Fsp3) is 0.0800. The number of carbonyl (C=O) groups is 1. The van der Waals surface area contributed by atoms with Gasteiger partial charge in [0.05, 0.1) is 16.6 Å². The highest BCUT2D eigenvalue weighted by Gasteiger charge is 2.23. The highest BCUT2D eigenvalue weighted by molar-refractivity contribution is 7.94. The van der Waals surface area contributed by atoms with E-state index < -0.39 is 22.1 Å². The van der Waals surface area contributed by atoms with E-state index in [1.54, 1.807) is 30.5 Å². The van der Waals surface area contributed by atoms with Crippen LogP contribution in [0.15, 0.2) is 86.5 Å². The number of esters is 1. The Labute approximate surface area is 214 Å². The summed E-state index contributed by atoms with van der Waals surface area (Å²) in [4.78, 5) is 33.7. The van der Waals surface area contributed by atoms with Crippen molar-refractivity contribution in [1.82, 2.24) is 9.97 Å². The molecule has 0 saturated carbocycles. The van der Waals surface area contributed by atoms with Crippen molar-refractivity contribution in [3.8, 4) is 11.1 Å². The molecule has 0 bridgehead atoms. The van der Waals surface area contributed by atoms with E-state index in [1.807, 2.05) is 35.7 Å². The van der Waals surface area contributed by atoms with Crippen molar-refractivity contribution in [3.05, 3.63) is 99.2 Å². The number of hydrogen-bond acceptors (Lipinski definition) is 8. The average molecular weight is 538 g/mol. The Hall–Kier alpha value is -3.80. The molecule has 11 heteroatoms. The van der Waals surface area contributed by atoms with E-state index in [1.165, 1.54) is 29.5 Å². The van der Waals surface area contributed by atoms with Crippen molar-refractivity contribution < 1.29 is 17.9 Å². The number of sulfonamides is 1. The standard InChI is InChI=1S/C25H19N3O5S3/c1-15(22-26-23(29)21-18(14-35-24(21)27-22)16-8-3-2-4-9-16)33-25(30)17-10-5-6-11-19(17)28-36(31,32)20-12-7-13-34-20/h2-15,28H,1H3,(H,26,27,29). The minimum Gasteiger partial charge on any atom is -0.451 e. The van der Waals surface area contributed by atoms with Crippen LogP contribution in [0.1, 0.15) is 29.2 Å². The number of aromatic amines is 1. The largest absolute Gasteiger partial charge is 0.451 e. The summed E-state index contributed by atoms with van der Waals surface area (Å²) in [6, 6.07) is 18.8. The third-order valence-electron chi connectivity index (χ3n) is 5.37. The maximum absolute atomic E-state index is 13.0. The summed E-state index contributed by atoms with van der Waals surface area (Å²) in [5.41, 5.74) is 1.49. The van der Waals surface area contributed by atoms with Crippen LogP contribution < -0.4 is 10.3 Å². The van der Waals surface area contributed by atoms with Gasteiger partial charge in [-0.15, -0.1) is 22.7 Å². The SMILES string of the molecule is CC(OC(=O)c1ccccc1NS(=O)(=O)c1cccs1)c1nc2scc(-c3ccccc3)c2c(=O)[nH]1. The molecule has 5 aromatic rings. The molecule has 5 rings (SSSR count). The molecule has 36 heavy (non-hydrogen) atoms. The highest BCUT2D eigenvalue weighted by atomic mass is 32.2. The van der Waals surface area contributed by atoms with Crippen molar-refractivity contribution >= 4 is 54.6 Å². The number of para-hydroxylation sites is 1. The van der Waals surface area contributed by atoms with Crippen molar-refractivity contribution in [2.75, 3.05) is 4.72 Å². The van der Waals surface area contributed by atoms with Crippen LogP contribution in [0.3, 0.4) is 0 Å². The molecule has 2 N–H and O–H groups in total. The zero-order chi connectivity index (χ0) is 25.3. The molecule has 1 atom stereocenters. The first-order valence-electron chi connectivity index (χ1n) is 10.8. The summed E-state index contributed by atoms with van der Waals surface area (Å²) in [6.45, 7) is 1.59. The molecule has 3 heterocycles. The molecule has 1 unspecified atom stereocenters. The molecule has 0 aliphatic rings. The maximum atomic E-state index is 13.0. The molecule has 182 valence electrons. The summed E-state index contributed by atoms with van der Waals surface area (Å²) in [5, 5.41) is 4.00. The van der Waals surface area contributed by atoms with E-state index in [-0.39, 0.29) is 26.8 Å². The summed E-state index contributed by atoms with van der Waals surface area (Å²) >= 11 is 2.40. The van der Waals surface area contributed by atoms with Crippen LogP contribution in [-0.4, -0.2) is 24.4 Å². The minimum atomic E-state index is -3.85. The number of rotatable bonds is 7. The molecule has 3 aromatic heterocycles. The molecule has 0 amide bonds. The third kappa shape index (κ3) is 4.68. The van der Waals surface area contributed by atoms with Gasteiger partial charge in [-0.3, -0.25) is 9.52 Å². The second kappa shape index (κ2) is 9.69. The van der Waals surface area contributed by atoms with Gasteiger partial charge in [-0.2, -0.15) is 0 Å². The van der Waals surface area contributed by atoms with Crippen LogP contribution in [0.4, 0.5) is 5.69 Å². The molecule has 0 saturated heterocycles. The van der Waals surface area contributed by atoms with E-state index in [2.05, 4.69) is 14.7 Å². The molecule has 0 radical (unpaired) electrons. The number of nitrogens with zero attached hydrogens (tertiary/aromatic N) is 1. The van der Waals surface area contributed by atoms with Crippen molar-refractivity contribution in [3.63, 3.8) is 0 Å². The van der Waals surface area contributed by atoms with Gasteiger partial charge >= 0.3 is 5.97 Å². The fourth-order valence-electron chi connectivity index (χ4n) is 3.63. The molecular weight excluding hydrogens is 518 g/mol. The van der Waals surface area contributed by atoms with Gasteiger partial charge in [0.25, 0.3) is 15.6 Å². The molecule has 0 spiro atoms. The van der Waals surface area contributed by atoms with E-state index in [9.17, 15) is 18.0 Å². The second-order valence-electron chi connectivity index (χ2n) is 7.78. The summed E-state index contributed by atoms with van der Waals surface area (Å²) in [7, 11) is -3.85. The molecule has 2 aromatic carbocycles. The quantitative estimate of drug-likeness (QED) is 0.267. The number of carbonyl (C=O) groups excluding carboxylic acids is 1. The third-order valence-corrected chi connectivity index (χ3v) is 9.00. The average Bonchev–Trinajstić information content (AvgIpc) is 3.56. The maximum Gasteiger partial charge on any atom is 0.340 e. The Morgan fingerprint density at radius 1 is 1.03 bits per heavy atom. The lowest BCUT2D eigenvalue weighted by molar-refractivity contribution is 0.0321. The predicted octanol–water partition coefficient (Wildman–Crippen LogP) is 5.43. The number of hydrogen-bond donors (Lipinski definition) is 2. The smallest absolute Gasteiger partial charge is 0.340 e. The van der Waals surface area contributed by atoms with Gasteiger partial charge in [-0.25, -0.2) is 18.2 Å². The summed E-state index contributed by atoms with van der Waals surface area (Å²) in [6.07, 6.45) is -0.890. The lowest BCUT2D eigenvalue weighted by Crippen LogP contribution is -2.19. The lowest BCUT2D eigenvalue weighted by Gasteiger charge is -2.15. The highest BCUT2D eigenvalue weighted by Crippen LogP contribution is 2.31. The lowest BCUT2D eigenvalue weighted by atomic mass is 10.1. The topological polar surface area (TPSA) is 118 Å². The molecule has 8 nitrogen and oxygen atoms in total. The number of anilines is 1. The van der Waals surface area contributed by atoms with E-state index in [0.29, 0.717) is 10.2 Å². The van der Waals surface area contributed by atoms with Crippen molar-refractivity contribution in [1.29, 1.82) is 0 Å². The van der Waals surface area contributed by atoms with Gasteiger partial charge in [0.15, 0.2) is 11.9 Å². The van der Waals surface area contributed by atoms with E-state index in [4.69, 9.17) is 4.74 Å². The van der Waals surface area contributed by atoms with Crippen LogP contribution in [-0.2, 0) is 14.8 Å². The Kier molecular flexibility index (Phi) is 6.44. The van der Waals surface area contributed by atoms with Gasteiger partial charge in [0, 0.05) is 10.9 Å². The van der Waals surface area contributed by atoms with Gasteiger partial charge in [-0.05, 0) is 36.1 Å². The number of benzene rings is 2. The zero-order valence-corrected chi connectivity index (χ0v) is 21.2. The Morgan fingerprint density at radius 2 is 1.78 bits per heavy atom. The van der Waals surface area contributed by atoms with Crippen LogP contribution in [0.2, 0.25) is 0 Å². The monoisotopic (exact) mass is 537 g/mol. The van der Waals surface area contributed by atoms with Crippen LogP contribution >= 0.6 is 22.7 Å². The van der Waals surface area contributed by atoms with E-state index >= 15 is 0 Å². The van der Waals surface area contributed by atoms with Crippen molar-refractivity contribution in [2.45, 2.75) is 17.2 Å². The molecule has 0 aliphatic carbocycles. The number of ether oxygens (including phenoxy) is 1. The Morgan fingerprint density at radius 3 is 2.53 bits per heavy atom. The number of H-pyrrole nitrogens is 1. The van der Waals surface area contributed by atoms with Gasteiger partial charge < -0.3 is 9.72 Å². The number of nitrogens with one attached hydrogen (secondary N) is 2. The fourth-order valence-corrected chi connectivity index (χ4v) is 6.66. The van der Waals surface area contributed by atoms with Gasteiger partial charge in [0.2, 0.25) is 0 Å². The van der Waals surface area contributed by atoms with Crippen LogP contribution in [0.25, 0.3) is 21.3 Å². The Balaban J connectivity index is 1.40. The first-order chi connectivity index (χ1) is 17.3. The Bertz CT molecular complexity index is 1710. The van der Waals surface area contributed by atoms with E-state index in [0.717, 1.165) is 22.5 Å². The molecule has 0 fully saturated rings. The predicted molar refractivity (Wildman–Crippen MR) is 141 cm³/mol. The summed E-state index contributed by atoms with van der Waals surface area (Å²) < 4.78 is 33.4. The second-order valence-corrected chi connectivity index (χ2v) is 11.5. The van der Waals surface area contributed by atoms with Crippen molar-refractivity contribution in [2.24, 2.45) is 0 Å². The minimum absolute atomic E-state index is 0.0374. The molecule has 0 aliphatic heterocycles. The van der Waals surface area contributed by atoms with Crippen LogP contribution in [0, 0.1) is 0 Å². The number of fused-ring (bicyclic) bond motifs is 1. The van der Waals surface area contributed by atoms with Crippen LogP contribution in [0.5, 0.6) is 0 Å². The number of thiophene rings is 2. The first-order valence-corrected chi connectivity index (χ1v) is 14.0. The van der Waals surface area contributed by atoms with Gasteiger partial charge in [0.1, 0.15) is 9.04 Å². The molecular formula is C25H19N3O5S3. The zero-order valence-electron chi connectivity index (χ0n) is 18.8.